The van der Waals surface area contributed by atoms with Crippen LogP contribution in [0.5, 0.6) is 11.5 Å². The van der Waals surface area contributed by atoms with E-state index in [9.17, 15) is 13.2 Å². The van der Waals surface area contributed by atoms with Gasteiger partial charge in [-0.05, 0) is 50.1 Å². The zero-order valence-electron chi connectivity index (χ0n) is 22.8. The van der Waals surface area contributed by atoms with Gasteiger partial charge in [0.15, 0.2) is 0 Å². The van der Waals surface area contributed by atoms with Gasteiger partial charge in [-0.3, -0.25) is 14.1 Å². The number of benzene rings is 2. The number of aromatic nitrogens is 3. The van der Waals surface area contributed by atoms with Gasteiger partial charge in [-0.25, -0.2) is 13.4 Å². The van der Waals surface area contributed by atoms with E-state index in [1.807, 2.05) is 12.1 Å². The third-order valence-electron chi connectivity index (χ3n) is 6.04. The van der Waals surface area contributed by atoms with Gasteiger partial charge in [0.2, 0.25) is 5.95 Å². The summed E-state index contributed by atoms with van der Waals surface area (Å²) in [5.74, 6) is 1.25. The molecular formula is C28H30ClN5O5S. The van der Waals surface area contributed by atoms with Gasteiger partial charge in [-0.15, -0.1) is 0 Å². The second-order valence-electron chi connectivity index (χ2n) is 9.22. The number of nitrogens with zero attached hydrogens (tertiary/aromatic N) is 3. The lowest BCUT2D eigenvalue weighted by Gasteiger charge is -2.16. The molecule has 0 unspecified atom stereocenters. The molecule has 0 radical (unpaired) electrons. The summed E-state index contributed by atoms with van der Waals surface area (Å²) in [6.45, 7) is 3.73. The first-order valence-electron chi connectivity index (χ1n) is 12.3. The fraction of sp³-hybridized carbons (Fsp3) is 0.250. The summed E-state index contributed by atoms with van der Waals surface area (Å²) in [5, 5.41) is 5.02. The summed E-state index contributed by atoms with van der Waals surface area (Å²) in [7, 11) is 1.13. The Labute approximate surface area is 237 Å². The normalized spacial score (nSPS) is 11.2. The molecule has 2 aromatic heterocycles. The molecule has 0 fully saturated rings. The van der Waals surface area contributed by atoms with Crippen LogP contribution in [-0.2, 0) is 23.0 Å². The number of anilines is 2. The predicted octanol–water partition coefficient (Wildman–Crippen LogP) is 5.08. The predicted molar refractivity (Wildman–Crippen MR) is 159 cm³/mol. The van der Waals surface area contributed by atoms with Crippen molar-refractivity contribution in [3.05, 3.63) is 80.6 Å². The summed E-state index contributed by atoms with van der Waals surface area (Å²) >= 11 is 6.63. The maximum atomic E-state index is 13.9. The van der Waals surface area contributed by atoms with Crippen LogP contribution < -0.4 is 25.1 Å². The van der Waals surface area contributed by atoms with Crippen molar-refractivity contribution in [1.29, 1.82) is 0 Å². The lowest BCUT2D eigenvalue weighted by Crippen LogP contribution is -2.24. The van der Waals surface area contributed by atoms with Crippen LogP contribution in [0.3, 0.4) is 0 Å². The van der Waals surface area contributed by atoms with Gasteiger partial charge in [-0.2, -0.15) is 4.98 Å². The number of hydrogen-bond acceptors (Lipinski definition) is 8. The first-order chi connectivity index (χ1) is 19.0. The van der Waals surface area contributed by atoms with E-state index in [-0.39, 0.29) is 10.6 Å². The Kier molecular flexibility index (Phi) is 8.65. The van der Waals surface area contributed by atoms with Crippen molar-refractivity contribution in [2.45, 2.75) is 26.8 Å². The number of methoxy groups -OCH3 is 2. The lowest BCUT2D eigenvalue weighted by molar-refractivity contribution is 0.395. The number of nitrogens with one attached hydrogen (secondary N) is 2. The molecule has 4 rings (SSSR count). The average molecular weight is 584 g/mol. The zero-order valence-corrected chi connectivity index (χ0v) is 24.4. The van der Waals surface area contributed by atoms with Crippen LogP contribution in [0.1, 0.15) is 19.4 Å². The number of halogens is 1. The average Bonchev–Trinajstić information content (AvgIpc) is 2.92. The molecule has 2 N–H and O–H groups in total. The quantitative estimate of drug-likeness (QED) is 0.265. The fourth-order valence-corrected chi connectivity index (χ4v) is 5.63. The molecule has 0 bridgehead atoms. The molecule has 2 heterocycles. The van der Waals surface area contributed by atoms with E-state index in [0.717, 1.165) is 5.56 Å². The van der Waals surface area contributed by atoms with Crippen molar-refractivity contribution in [2.75, 3.05) is 31.3 Å². The monoisotopic (exact) mass is 583 g/mol. The number of fused-ring (bicyclic) bond motifs is 1. The van der Waals surface area contributed by atoms with E-state index in [1.165, 1.54) is 19.6 Å². The number of aryl methyl sites for hydroxylation is 2. The third-order valence-corrected chi connectivity index (χ3v) is 7.73. The number of ether oxygens (including phenoxy) is 2. The topological polar surface area (TPSA) is 124 Å². The number of hydrogen-bond donors (Lipinski definition) is 2. The van der Waals surface area contributed by atoms with Crippen LogP contribution in [0.4, 0.5) is 11.6 Å². The Balaban J connectivity index is 1.74. The highest BCUT2D eigenvalue weighted by Crippen LogP contribution is 2.38. The van der Waals surface area contributed by atoms with E-state index >= 15 is 0 Å². The molecule has 4 aromatic rings. The van der Waals surface area contributed by atoms with Crippen LogP contribution in [0, 0.1) is 0 Å². The number of pyridine rings is 1. The number of rotatable bonds is 10. The molecule has 0 aliphatic carbocycles. The second kappa shape index (κ2) is 12.0. The third kappa shape index (κ3) is 6.37. The highest BCUT2D eigenvalue weighted by atomic mass is 35.5. The van der Waals surface area contributed by atoms with Gasteiger partial charge < -0.3 is 14.8 Å². The molecule has 10 nitrogen and oxygen atoms in total. The van der Waals surface area contributed by atoms with Gasteiger partial charge in [0.1, 0.15) is 17.1 Å². The summed E-state index contributed by atoms with van der Waals surface area (Å²) in [6, 6.07) is 12.1. The Morgan fingerprint density at radius 2 is 1.80 bits per heavy atom. The molecule has 210 valence electrons. The molecule has 0 aliphatic heterocycles. The molecule has 0 atom stereocenters. The maximum Gasteiger partial charge on any atom is 0.260 e. The Bertz CT molecular complexity index is 1750. The molecule has 0 saturated heterocycles. The lowest BCUT2D eigenvalue weighted by atomic mass is 10.0. The van der Waals surface area contributed by atoms with Crippen LogP contribution in [0.2, 0.25) is 5.02 Å². The minimum absolute atomic E-state index is 0.283. The molecule has 0 aliphatic rings. The van der Waals surface area contributed by atoms with Gasteiger partial charge in [0.05, 0.1) is 19.2 Å². The first-order valence-corrected chi connectivity index (χ1v) is 14.2. The molecule has 0 saturated carbocycles. The van der Waals surface area contributed by atoms with E-state index in [4.69, 9.17) is 21.1 Å². The van der Waals surface area contributed by atoms with Gasteiger partial charge in [-0.1, -0.05) is 29.3 Å². The second-order valence-corrected chi connectivity index (χ2v) is 11.1. The van der Waals surface area contributed by atoms with Crippen LogP contribution in [-0.4, -0.2) is 44.2 Å². The van der Waals surface area contributed by atoms with Crippen LogP contribution >= 0.6 is 11.6 Å². The first kappa shape index (κ1) is 28.9. The summed E-state index contributed by atoms with van der Waals surface area (Å²) < 4.78 is 39.3. The van der Waals surface area contributed by atoms with E-state index in [2.05, 4.69) is 20.0 Å². The molecule has 0 spiro atoms. The van der Waals surface area contributed by atoms with E-state index < -0.39 is 10.0 Å². The van der Waals surface area contributed by atoms with Crippen molar-refractivity contribution >= 4 is 44.3 Å². The number of sulfonamides is 1. The van der Waals surface area contributed by atoms with E-state index in [0.29, 0.717) is 63.8 Å². The Morgan fingerprint density at radius 1 is 1.07 bits per heavy atom. The smallest absolute Gasteiger partial charge is 0.260 e. The van der Waals surface area contributed by atoms with Gasteiger partial charge in [0, 0.05) is 53.5 Å². The van der Waals surface area contributed by atoms with Crippen molar-refractivity contribution in [3.8, 4) is 22.6 Å². The highest BCUT2D eigenvalue weighted by molar-refractivity contribution is 7.95. The van der Waals surface area contributed by atoms with Crippen molar-refractivity contribution in [3.63, 3.8) is 0 Å². The van der Waals surface area contributed by atoms with Gasteiger partial charge in [0.25, 0.3) is 15.6 Å². The van der Waals surface area contributed by atoms with Gasteiger partial charge >= 0.3 is 0 Å². The fourth-order valence-electron chi connectivity index (χ4n) is 4.20. The van der Waals surface area contributed by atoms with Crippen LogP contribution in [0.25, 0.3) is 22.2 Å². The number of allylic oxidation sites excluding steroid dienone is 1. The maximum absolute atomic E-state index is 13.9. The van der Waals surface area contributed by atoms with Crippen molar-refractivity contribution < 1.29 is 17.9 Å². The summed E-state index contributed by atoms with van der Waals surface area (Å²) in [6.07, 6.45) is 2.12. The molecule has 40 heavy (non-hydrogen) atoms. The standard InChI is InChI=1S/C28H30ClN5O5S/c1-17(2)16-40(36,37)33-20-8-6-18(7-9-20)10-11-34-26-19(15-31-28(30-3)32-26)12-23(27(34)35)22-13-21(38-4)14-24(39-5)25(22)29/h6-9,12-16,33H,10-11H2,1-5H3,(H,30,31,32). The van der Waals surface area contributed by atoms with E-state index in [1.54, 1.807) is 62.0 Å². The van der Waals surface area contributed by atoms with Crippen molar-refractivity contribution in [2.24, 2.45) is 0 Å². The minimum atomic E-state index is -3.59. The molecular weight excluding hydrogens is 554 g/mol. The molecule has 0 amide bonds. The largest absolute Gasteiger partial charge is 0.497 e. The van der Waals surface area contributed by atoms with Crippen molar-refractivity contribution in [1.82, 2.24) is 14.5 Å². The minimum Gasteiger partial charge on any atom is -0.497 e. The summed E-state index contributed by atoms with van der Waals surface area (Å²) in [5.41, 5.74) is 2.99. The van der Waals surface area contributed by atoms with Crippen LogP contribution in [0.15, 0.2) is 64.4 Å². The molecule has 12 heteroatoms. The SMILES string of the molecule is CNc1ncc2cc(-c3cc(OC)cc(OC)c3Cl)c(=O)n(CCc3ccc(NS(=O)(=O)C=C(C)C)cc3)c2n1. The highest BCUT2D eigenvalue weighted by Gasteiger charge is 2.19. The Hall–Kier alpha value is -4.09. The zero-order chi connectivity index (χ0) is 29.0. The molecule has 2 aromatic carbocycles. The summed E-state index contributed by atoms with van der Waals surface area (Å²) in [4.78, 5) is 22.8. The Morgan fingerprint density at radius 3 is 2.42 bits per heavy atom.